The number of aromatic nitrogens is 4. The fraction of sp³-hybridized carbons (Fsp3) is 0.188. The summed E-state index contributed by atoms with van der Waals surface area (Å²) in [7, 11) is 2.76. The molecule has 0 fully saturated rings. The van der Waals surface area contributed by atoms with Crippen LogP contribution in [0.15, 0.2) is 40.2 Å². The number of nitrogens with one attached hydrogen (secondary N) is 2. The molecule has 0 aliphatic rings. The van der Waals surface area contributed by atoms with Crippen LogP contribution in [-0.2, 0) is 25.4 Å². The summed E-state index contributed by atoms with van der Waals surface area (Å²) < 4.78 is 3.33. The van der Waals surface area contributed by atoms with Gasteiger partial charge in [-0.2, -0.15) is 0 Å². The Kier molecular flexibility index (Phi) is 4.95. The second-order valence-corrected chi connectivity index (χ2v) is 6.06. The molecule has 2 heterocycles. The summed E-state index contributed by atoms with van der Waals surface area (Å²) >= 11 is 0. The molecule has 1 aromatic carbocycles. The first-order valence-corrected chi connectivity index (χ1v) is 8.15. The lowest BCUT2D eigenvalue weighted by Crippen LogP contribution is -2.43. The van der Waals surface area contributed by atoms with Crippen LogP contribution in [0.3, 0.4) is 0 Å². The number of carbonyl (C=O) groups excluding carboxylic acids is 2. The number of amides is 2. The number of nitro benzene ring substituents is 1. The Bertz CT molecular complexity index is 1250. The van der Waals surface area contributed by atoms with E-state index in [0.717, 1.165) is 16.7 Å². The first-order valence-electron chi connectivity index (χ1n) is 8.15. The molecule has 0 unspecified atom stereocenters. The minimum atomic E-state index is -0.679. The fourth-order valence-electron chi connectivity index (χ4n) is 2.64. The first kappa shape index (κ1) is 19.5. The average Bonchev–Trinajstić information content (AvgIpc) is 3.12. The lowest BCUT2D eigenvalue weighted by molar-refractivity contribution is -0.384. The third-order valence-corrected chi connectivity index (χ3v) is 4.19. The van der Waals surface area contributed by atoms with E-state index >= 15 is 0 Å². The van der Waals surface area contributed by atoms with E-state index in [2.05, 4.69) is 15.8 Å². The lowest BCUT2D eigenvalue weighted by atomic mass is 10.2. The number of aryl methyl sites for hydroxylation is 1. The molecule has 13 heteroatoms. The van der Waals surface area contributed by atoms with Gasteiger partial charge < -0.3 is 4.57 Å². The molecule has 2 amide bonds. The third kappa shape index (κ3) is 3.60. The van der Waals surface area contributed by atoms with Crippen LogP contribution in [0.1, 0.15) is 10.4 Å². The molecule has 0 aliphatic heterocycles. The molecule has 0 saturated heterocycles. The predicted octanol–water partition coefficient (Wildman–Crippen LogP) is -1.20. The van der Waals surface area contributed by atoms with Crippen LogP contribution in [0.25, 0.3) is 11.2 Å². The minimum Gasteiger partial charge on any atom is -0.315 e. The van der Waals surface area contributed by atoms with Gasteiger partial charge in [-0.3, -0.25) is 44.5 Å². The maximum Gasteiger partial charge on any atom is 0.332 e. The van der Waals surface area contributed by atoms with Crippen LogP contribution in [0.4, 0.5) is 5.69 Å². The molecule has 0 atom stereocenters. The quantitative estimate of drug-likeness (QED) is 0.410. The van der Waals surface area contributed by atoms with Gasteiger partial charge in [0.05, 0.1) is 11.3 Å². The second-order valence-electron chi connectivity index (χ2n) is 6.06. The third-order valence-electron chi connectivity index (χ3n) is 4.19. The van der Waals surface area contributed by atoms with Crippen molar-refractivity contribution >= 4 is 28.7 Å². The van der Waals surface area contributed by atoms with Crippen LogP contribution in [0.5, 0.6) is 0 Å². The predicted molar refractivity (Wildman–Crippen MR) is 98.9 cm³/mol. The van der Waals surface area contributed by atoms with Gasteiger partial charge in [-0.1, -0.05) is 0 Å². The molecule has 0 bridgehead atoms. The van der Waals surface area contributed by atoms with Crippen molar-refractivity contribution in [2.24, 2.45) is 14.1 Å². The number of rotatable bonds is 4. The topological polar surface area (TPSA) is 163 Å². The molecular weight excluding hydrogens is 386 g/mol. The van der Waals surface area contributed by atoms with E-state index in [4.69, 9.17) is 0 Å². The standard InChI is InChI=1S/C16H15N7O6/c1-20-13-12(15(26)21(2)16(20)27)22(8-17-13)7-11(24)18-19-14(25)9-3-5-10(6-4-9)23(28)29/h3-6,8H,7H2,1-2H3,(H,18,24)(H,19,25). The summed E-state index contributed by atoms with van der Waals surface area (Å²) in [5.74, 6) is -1.34. The Labute approximate surface area is 161 Å². The van der Waals surface area contributed by atoms with Crippen LogP contribution in [0, 0.1) is 10.1 Å². The van der Waals surface area contributed by atoms with Gasteiger partial charge in [0.15, 0.2) is 11.2 Å². The fourth-order valence-corrected chi connectivity index (χ4v) is 2.64. The van der Waals surface area contributed by atoms with E-state index in [1.807, 2.05) is 0 Å². The number of nitro groups is 1. The highest BCUT2D eigenvalue weighted by atomic mass is 16.6. The summed E-state index contributed by atoms with van der Waals surface area (Å²) in [5.41, 5.74) is 3.32. The van der Waals surface area contributed by atoms with E-state index in [-0.39, 0.29) is 29.0 Å². The highest BCUT2D eigenvalue weighted by molar-refractivity contribution is 5.95. The zero-order valence-electron chi connectivity index (χ0n) is 15.3. The Hall–Kier alpha value is -4.29. The van der Waals surface area contributed by atoms with Crippen molar-refractivity contribution in [3.8, 4) is 0 Å². The van der Waals surface area contributed by atoms with Crippen molar-refractivity contribution in [1.82, 2.24) is 29.5 Å². The lowest BCUT2D eigenvalue weighted by Gasteiger charge is -2.09. The van der Waals surface area contributed by atoms with Gasteiger partial charge in [-0.05, 0) is 12.1 Å². The van der Waals surface area contributed by atoms with Gasteiger partial charge in [0.1, 0.15) is 6.54 Å². The maximum absolute atomic E-state index is 12.3. The second kappa shape index (κ2) is 7.38. The molecule has 0 radical (unpaired) electrons. The zero-order valence-corrected chi connectivity index (χ0v) is 15.3. The summed E-state index contributed by atoms with van der Waals surface area (Å²) in [4.78, 5) is 62.4. The zero-order chi connectivity index (χ0) is 21.3. The Morgan fingerprint density at radius 3 is 2.38 bits per heavy atom. The van der Waals surface area contributed by atoms with Gasteiger partial charge in [-0.15, -0.1) is 0 Å². The van der Waals surface area contributed by atoms with E-state index in [9.17, 15) is 29.3 Å². The average molecular weight is 401 g/mol. The normalized spacial score (nSPS) is 10.7. The first-order chi connectivity index (χ1) is 13.7. The number of non-ortho nitro benzene ring substituents is 1. The molecule has 0 aliphatic carbocycles. The number of hydrogen-bond acceptors (Lipinski definition) is 7. The van der Waals surface area contributed by atoms with Gasteiger partial charge in [0.25, 0.3) is 23.1 Å². The van der Waals surface area contributed by atoms with Gasteiger partial charge in [0, 0.05) is 31.8 Å². The molecule has 3 aromatic rings. The molecular formula is C16H15N7O6. The number of imidazole rings is 1. The van der Waals surface area contributed by atoms with Crippen LogP contribution in [0.2, 0.25) is 0 Å². The summed E-state index contributed by atoms with van der Waals surface area (Å²) in [6.45, 7) is -0.343. The Morgan fingerprint density at radius 1 is 1.10 bits per heavy atom. The van der Waals surface area contributed by atoms with Crippen molar-refractivity contribution < 1.29 is 14.5 Å². The van der Waals surface area contributed by atoms with Crippen LogP contribution >= 0.6 is 0 Å². The number of nitrogens with zero attached hydrogens (tertiary/aromatic N) is 5. The van der Waals surface area contributed by atoms with Gasteiger partial charge >= 0.3 is 5.69 Å². The summed E-state index contributed by atoms with van der Waals surface area (Å²) in [5, 5.41) is 10.6. The summed E-state index contributed by atoms with van der Waals surface area (Å²) in [6.07, 6.45) is 1.24. The minimum absolute atomic E-state index is 0.0615. The van der Waals surface area contributed by atoms with Crippen LogP contribution < -0.4 is 22.1 Å². The molecule has 2 N–H and O–H groups in total. The summed E-state index contributed by atoms with van der Waals surface area (Å²) in [6, 6.07) is 4.81. The number of fused-ring (bicyclic) bond motifs is 1. The van der Waals surface area contributed by atoms with E-state index < -0.39 is 28.0 Å². The maximum atomic E-state index is 12.3. The van der Waals surface area contributed by atoms with Gasteiger partial charge in [0.2, 0.25) is 0 Å². The molecule has 150 valence electrons. The Morgan fingerprint density at radius 2 is 1.76 bits per heavy atom. The number of carbonyl (C=O) groups is 2. The molecule has 0 spiro atoms. The van der Waals surface area contributed by atoms with E-state index in [1.54, 1.807) is 0 Å². The van der Waals surface area contributed by atoms with Crippen molar-refractivity contribution in [2.45, 2.75) is 6.54 Å². The molecule has 0 saturated carbocycles. The smallest absolute Gasteiger partial charge is 0.315 e. The van der Waals surface area contributed by atoms with E-state index in [1.165, 1.54) is 41.7 Å². The van der Waals surface area contributed by atoms with Crippen molar-refractivity contribution in [2.75, 3.05) is 0 Å². The molecule has 3 rings (SSSR count). The highest BCUT2D eigenvalue weighted by Crippen LogP contribution is 2.11. The SMILES string of the molecule is Cn1c(=O)c2c(ncn2CC(=O)NNC(=O)c2ccc([N+](=O)[O-])cc2)n(C)c1=O. The molecule has 29 heavy (non-hydrogen) atoms. The molecule has 2 aromatic heterocycles. The number of benzene rings is 1. The van der Waals surface area contributed by atoms with Crippen molar-refractivity contribution in [1.29, 1.82) is 0 Å². The number of hydrazine groups is 1. The highest BCUT2D eigenvalue weighted by Gasteiger charge is 2.16. The van der Waals surface area contributed by atoms with E-state index in [0.29, 0.717) is 0 Å². The monoisotopic (exact) mass is 401 g/mol. The largest absolute Gasteiger partial charge is 0.332 e. The van der Waals surface area contributed by atoms with Crippen molar-refractivity contribution in [3.63, 3.8) is 0 Å². The van der Waals surface area contributed by atoms with Crippen LogP contribution in [-0.4, -0.2) is 35.4 Å². The van der Waals surface area contributed by atoms with Gasteiger partial charge in [-0.25, -0.2) is 9.78 Å². The Balaban J connectivity index is 1.71. The molecule has 13 nitrogen and oxygen atoms in total. The number of hydrogen-bond donors (Lipinski definition) is 2. The van der Waals surface area contributed by atoms with Crippen molar-refractivity contribution in [3.05, 3.63) is 67.1 Å².